The molecule has 1 aliphatic carbocycles. The minimum Gasteiger partial charge on any atom is -0.497 e. The number of likely N-dealkylation sites (tertiary alicyclic amines) is 1. The maximum Gasteiger partial charge on any atom is 0.245 e. The van der Waals surface area contributed by atoms with E-state index in [4.69, 9.17) is 27.8 Å². The number of benzene rings is 1. The lowest BCUT2D eigenvalue weighted by atomic mass is 9.83. The molecule has 37 heavy (non-hydrogen) atoms. The fourth-order valence-electron chi connectivity index (χ4n) is 5.32. The zero-order chi connectivity index (χ0) is 26.4. The van der Waals surface area contributed by atoms with E-state index in [-0.39, 0.29) is 36.2 Å². The second-order valence-electron chi connectivity index (χ2n) is 9.82. The summed E-state index contributed by atoms with van der Waals surface area (Å²) in [5.41, 5.74) is 13.8. The monoisotopic (exact) mass is 529 g/mol. The lowest BCUT2D eigenvalue weighted by Gasteiger charge is -2.32. The minimum absolute atomic E-state index is 0.0586. The molecule has 2 aliphatic rings. The molecular weight excluding hydrogens is 494 g/mol. The van der Waals surface area contributed by atoms with E-state index in [9.17, 15) is 9.59 Å². The van der Waals surface area contributed by atoms with Crippen molar-refractivity contribution in [1.29, 1.82) is 0 Å². The Morgan fingerprint density at radius 1 is 1.19 bits per heavy atom. The van der Waals surface area contributed by atoms with Crippen LogP contribution in [-0.4, -0.2) is 65.7 Å². The quantitative estimate of drug-likeness (QED) is 0.305. The van der Waals surface area contributed by atoms with Gasteiger partial charge < -0.3 is 26.4 Å². The Morgan fingerprint density at radius 2 is 1.92 bits per heavy atom. The summed E-state index contributed by atoms with van der Waals surface area (Å²) in [7, 11) is 1.60. The largest absolute Gasteiger partial charge is 0.497 e. The number of carbonyl (C=O) groups is 2. The summed E-state index contributed by atoms with van der Waals surface area (Å²) in [5, 5.41) is 10.9. The smallest absolute Gasteiger partial charge is 0.245 e. The Kier molecular flexibility index (Phi) is 8.91. The minimum atomic E-state index is -0.641. The Bertz CT molecular complexity index is 1120. The van der Waals surface area contributed by atoms with Crippen molar-refractivity contribution >= 4 is 29.4 Å². The van der Waals surface area contributed by atoms with Crippen LogP contribution in [0.1, 0.15) is 56.6 Å². The van der Waals surface area contributed by atoms with Crippen LogP contribution in [0.15, 0.2) is 29.3 Å². The van der Waals surface area contributed by atoms with E-state index < -0.39 is 6.04 Å². The maximum absolute atomic E-state index is 12.9. The fourth-order valence-corrected chi connectivity index (χ4v) is 5.59. The number of guanidine groups is 1. The number of rotatable bonds is 8. The molecule has 1 atom stereocenters. The summed E-state index contributed by atoms with van der Waals surface area (Å²) in [6, 6.07) is 6.89. The number of hydrogen-bond acceptors (Lipinski definition) is 5. The van der Waals surface area contributed by atoms with Gasteiger partial charge in [0.15, 0.2) is 5.96 Å². The normalized spacial score (nSPS) is 17.7. The van der Waals surface area contributed by atoms with Gasteiger partial charge in [0, 0.05) is 30.3 Å². The molecule has 11 heteroatoms. The summed E-state index contributed by atoms with van der Waals surface area (Å²) in [6.07, 6.45) is 6.72. The van der Waals surface area contributed by atoms with E-state index in [1.54, 1.807) is 18.1 Å². The first-order valence-corrected chi connectivity index (χ1v) is 13.3. The average molecular weight is 530 g/mol. The number of amides is 2. The van der Waals surface area contributed by atoms with Crippen LogP contribution in [-0.2, 0) is 9.59 Å². The molecule has 200 valence electrons. The lowest BCUT2D eigenvalue weighted by Crippen LogP contribution is -2.47. The van der Waals surface area contributed by atoms with Crippen molar-refractivity contribution in [1.82, 2.24) is 20.4 Å². The van der Waals surface area contributed by atoms with Crippen molar-refractivity contribution in [3.63, 3.8) is 0 Å². The lowest BCUT2D eigenvalue weighted by molar-refractivity contribution is -0.134. The molecule has 1 aliphatic heterocycles. The third-order valence-corrected chi connectivity index (χ3v) is 7.72. The molecule has 0 unspecified atom stereocenters. The van der Waals surface area contributed by atoms with Crippen molar-refractivity contribution in [3.8, 4) is 17.0 Å². The van der Waals surface area contributed by atoms with Gasteiger partial charge in [0.25, 0.3) is 0 Å². The summed E-state index contributed by atoms with van der Waals surface area (Å²) in [5.74, 6) is 0.567. The Hall–Kier alpha value is -3.27. The molecule has 6 N–H and O–H groups in total. The molecule has 10 nitrogen and oxygen atoms in total. The van der Waals surface area contributed by atoms with E-state index >= 15 is 0 Å². The Morgan fingerprint density at radius 3 is 2.57 bits per heavy atom. The van der Waals surface area contributed by atoms with Gasteiger partial charge in [-0.1, -0.05) is 30.9 Å². The molecule has 0 bridgehead atoms. The number of aromatic amines is 1. The molecule has 1 aromatic carbocycles. The first-order valence-electron chi connectivity index (χ1n) is 12.9. The van der Waals surface area contributed by atoms with Crippen molar-refractivity contribution in [2.24, 2.45) is 22.4 Å². The number of nitrogens with two attached hydrogens (primary N) is 2. The number of carbonyl (C=O) groups excluding carboxylic acids is 2. The number of aromatic nitrogens is 2. The van der Waals surface area contributed by atoms with Crippen LogP contribution in [0.25, 0.3) is 11.3 Å². The van der Waals surface area contributed by atoms with E-state index in [1.807, 2.05) is 18.2 Å². The summed E-state index contributed by atoms with van der Waals surface area (Å²) in [4.78, 5) is 31.7. The van der Waals surface area contributed by atoms with Crippen molar-refractivity contribution in [2.45, 2.75) is 56.9 Å². The van der Waals surface area contributed by atoms with Gasteiger partial charge in [0.05, 0.1) is 24.4 Å². The van der Waals surface area contributed by atoms with Gasteiger partial charge >= 0.3 is 0 Å². The van der Waals surface area contributed by atoms with E-state index in [0.29, 0.717) is 23.9 Å². The number of hydrogen-bond donors (Lipinski definition) is 4. The molecule has 1 saturated carbocycles. The van der Waals surface area contributed by atoms with Crippen molar-refractivity contribution < 1.29 is 14.3 Å². The molecule has 2 aromatic rings. The molecule has 2 fully saturated rings. The van der Waals surface area contributed by atoms with Crippen LogP contribution in [0.3, 0.4) is 0 Å². The molecule has 2 heterocycles. The molecular formula is C26H36ClN7O3. The van der Waals surface area contributed by atoms with E-state index in [1.165, 1.54) is 0 Å². The number of piperidine rings is 1. The number of nitrogens with one attached hydrogen (secondary N) is 2. The van der Waals surface area contributed by atoms with Crippen LogP contribution in [0.5, 0.6) is 5.75 Å². The molecule has 1 saturated heterocycles. The second-order valence-corrected chi connectivity index (χ2v) is 10.2. The molecule has 1 aromatic heterocycles. The summed E-state index contributed by atoms with van der Waals surface area (Å²) >= 11 is 6.40. The van der Waals surface area contributed by atoms with Gasteiger partial charge in [0.2, 0.25) is 11.8 Å². The highest BCUT2D eigenvalue weighted by Gasteiger charge is 2.31. The summed E-state index contributed by atoms with van der Waals surface area (Å²) in [6.45, 7) is 1.16. The van der Waals surface area contributed by atoms with Crippen LogP contribution in [0.4, 0.5) is 0 Å². The van der Waals surface area contributed by atoms with Gasteiger partial charge in [0.1, 0.15) is 11.8 Å². The Balaban J connectivity index is 1.28. The summed E-state index contributed by atoms with van der Waals surface area (Å²) < 4.78 is 5.22. The average Bonchev–Trinajstić information content (AvgIpc) is 3.40. The van der Waals surface area contributed by atoms with Gasteiger partial charge in [-0.25, -0.2) is 4.99 Å². The number of H-pyrrole nitrogens is 1. The van der Waals surface area contributed by atoms with E-state index in [2.05, 4.69) is 20.5 Å². The zero-order valence-electron chi connectivity index (χ0n) is 21.2. The highest BCUT2D eigenvalue weighted by atomic mass is 35.5. The number of aliphatic imine (C=N–C) groups is 1. The van der Waals surface area contributed by atoms with Crippen LogP contribution >= 0.6 is 11.6 Å². The van der Waals surface area contributed by atoms with Gasteiger partial charge in [-0.05, 0) is 55.9 Å². The van der Waals surface area contributed by atoms with Crippen molar-refractivity contribution in [2.75, 3.05) is 26.7 Å². The second kappa shape index (κ2) is 12.3. The van der Waals surface area contributed by atoms with Crippen LogP contribution in [0.2, 0.25) is 5.02 Å². The number of ether oxygens (including phenoxy) is 1. The number of methoxy groups -OCH3 is 1. The fraction of sp³-hybridized carbons (Fsp3) is 0.538. The topological polar surface area (TPSA) is 152 Å². The highest BCUT2D eigenvalue weighted by Crippen LogP contribution is 2.33. The predicted molar refractivity (Wildman–Crippen MR) is 143 cm³/mol. The SMILES string of the molecule is COc1ccc(-c2cc(C3CCN(C(=O)CNC(=O)[C@H](N=C(N)N)C4CCCCC4)CC3)[nH]n2)c(Cl)c1. The van der Waals surface area contributed by atoms with Gasteiger partial charge in [-0.3, -0.25) is 14.7 Å². The zero-order valence-corrected chi connectivity index (χ0v) is 22.0. The van der Waals surface area contributed by atoms with Crippen LogP contribution in [0, 0.1) is 5.92 Å². The molecule has 2 amide bonds. The van der Waals surface area contributed by atoms with Gasteiger partial charge in [-0.15, -0.1) is 0 Å². The Labute approximate surface area is 222 Å². The standard InChI is InChI=1S/C26H36ClN7O3/c1-37-18-7-8-19(20(27)13-18)22-14-21(32-33-22)16-9-11-34(12-10-16)23(35)15-30-25(36)24(31-26(28)29)17-5-3-2-4-6-17/h7-8,13-14,16-17,24H,2-6,9-12,15H2,1H3,(H,30,36)(H,32,33)(H4,28,29,31)/t24-/m1/s1. The first kappa shape index (κ1) is 26.8. The number of halogens is 1. The third-order valence-electron chi connectivity index (χ3n) is 7.40. The van der Waals surface area contributed by atoms with Crippen LogP contribution < -0.4 is 21.5 Å². The maximum atomic E-state index is 12.9. The number of nitrogens with zero attached hydrogens (tertiary/aromatic N) is 3. The molecule has 0 radical (unpaired) electrons. The third kappa shape index (κ3) is 6.74. The predicted octanol–water partition coefficient (Wildman–Crippen LogP) is 2.78. The molecule has 0 spiro atoms. The van der Waals surface area contributed by atoms with Gasteiger partial charge in [-0.2, -0.15) is 5.10 Å². The van der Waals surface area contributed by atoms with E-state index in [0.717, 1.165) is 61.9 Å². The highest BCUT2D eigenvalue weighted by molar-refractivity contribution is 6.33. The van der Waals surface area contributed by atoms with Crippen molar-refractivity contribution in [3.05, 3.63) is 35.0 Å². The molecule has 4 rings (SSSR count). The first-order chi connectivity index (χ1) is 17.9.